The first kappa shape index (κ1) is 13.5. The summed E-state index contributed by atoms with van der Waals surface area (Å²) in [4.78, 5) is 14.6. The molecule has 0 bridgehead atoms. The van der Waals surface area contributed by atoms with E-state index in [9.17, 15) is 10.1 Å². The van der Waals surface area contributed by atoms with E-state index < -0.39 is 4.92 Å². The van der Waals surface area contributed by atoms with Crippen LogP contribution in [0.1, 0.15) is 11.1 Å². The van der Waals surface area contributed by atoms with E-state index in [4.69, 9.17) is 5.41 Å². The topological polar surface area (TPSA) is 73.5 Å². The van der Waals surface area contributed by atoms with Crippen molar-refractivity contribution in [2.75, 3.05) is 33.2 Å². The summed E-state index contributed by atoms with van der Waals surface area (Å²) in [6.45, 7) is 5.28. The van der Waals surface area contributed by atoms with Crippen molar-refractivity contribution >= 4 is 11.5 Å². The lowest BCUT2D eigenvalue weighted by atomic mass is 10.1. The van der Waals surface area contributed by atoms with Crippen LogP contribution >= 0.6 is 0 Å². The van der Waals surface area contributed by atoms with Crippen LogP contribution in [0.25, 0.3) is 0 Å². The van der Waals surface area contributed by atoms with Crippen molar-refractivity contribution < 1.29 is 4.92 Å². The number of nitro groups is 1. The average molecular weight is 262 g/mol. The molecule has 6 heteroatoms. The van der Waals surface area contributed by atoms with Crippen molar-refractivity contribution in [3.63, 3.8) is 0 Å². The van der Waals surface area contributed by atoms with Gasteiger partial charge in [-0.2, -0.15) is 0 Å². The van der Waals surface area contributed by atoms with Crippen molar-refractivity contribution in [2.45, 2.75) is 6.92 Å². The Balaban J connectivity index is 2.23. The third-order valence-electron chi connectivity index (χ3n) is 3.51. The Bertz CT molecular complexity index is 507. The lowest BCUT2D eigenvalue weighted by Gasteiger charge is -2.34. The van der Waals surface area contributed by atoms with Crippen LogP contribution in [0.4, 0.5) is 5.69 Å². The molecule has 1 saturated heterocycles. The van der Waals surface area contributed by atoms with Gasteiger partial charge in [0.15, 0.2) is 0 Å². The number of benzene rings is 1. The minimum Gasteiger partial charge on any atom is -0.354 e. The normalized spacial score (nSPS) is 16.4. The number of amidine groups is 1. The third-order valence-corrected chi connectivity index (χ3v) is 3.51. The summed E-state index contributed by atoms with van der Waals surface area (Å²) in [6, 6.07) is 4.68. The molecule has 0 amide bonds. The number of nitro benzene ring substituents is 1. The number of aryl methyl sites for hydroxylation is 1. The zero-order valence-corrected chi connectivity index (χ0v) is 11.2. The smallest absolute Gasteiger partial charge is 0.270 e. The van der Waals surface area contributed by atoms with Gasteiger partial charge in [-0.05, 0) is 19.5 Å². The molecule has 0 unspecified atom stereocenters. The molecule has 1 aliphatic heterocycles. The monoisotopic (exact) mass is 262 g/mol. The highest BCUT2D eigenvalue weighted by Crippen LogP contribution is 2.19. The molecule has 0 radical (unpaired) electrons. The summed E-state index contributed by atoms with van der Waals surface area (Å²) in [5, 5.41) is 19.1. The van der Waals surface area contributed by atoms with Gasteiger partial charge in [0.05, 0.1) is 4.92 Å². The number of nitrogens with zero attached hydrogens (tertiary/aromatic N) is 3. The maximum Gasteiger partial charge on any atom is 0.270 e. The van der Waals surface area contributed by atoms with Crippen LogP contribution in [0.5, 0.6) is 0 Å². The first-order valence-corrected chi connectivity index (χ1v) is 6.26. The van der Waals surface area contributed by atoms with E-state index in [2.05, 4.69) is 11.9 Å². The molecule has 102 valence electrons. The van der Waals surface area contributed by atoms with Gasteiger partial charge < -0.3 is 9.80 Å². The fourth-order valence-electron chi connectivity index (χ4n) is 2.18. The molecule has 1 heterocycles. The van der Waals surface area contributed by atoms with Crippen molar-refractivity contribution in [3.05, 3.63) is 39.4 Å². The number of non-ortho nitro benzene ring substituents is 1. The summed E-state index contributed by atoms with van der Waals surface area (Å²) in [5.41, 5.74) is 1.59. The van der Waals surface area contributed by atoms with E-state index in [-0.39, 0.29) is 5.69 Å². The quantitative estimate of drug-likeness (QED) is 0.379. The van der Waals surface area contributed by atoms with Crippen molar-refractivity contribution in [2.24, 2.45) is 0 Å². The highest BCUT2D eigenvalue weighted by atomic mass is 16.6. The Morgan fingerprint density at radius 3 is 2.53 bits per heavy atom. The number of hydrogen-bond acceptors (Lipinski definition) is 4. The lowest BCUT2D eigenvalue weighted by Crippen LogP contribution is -2.47. The second-order valence-corrected chi connectivity index (χ2v) is 4.90. The molecule has 2 rings (SSSR count). The van der Waals surface area contributed by atoms with Gasteiger partial charge in [0, 0.05) is 43.9 Å². The van der Waals surface area contributed by atoms with Crippen LogP contribution in [-0.2, 0) is 0 Å². The van der Waals surface area contributed by atoms with E-state index >= 15 is 0 Å². The average Bonchev–Trinajstić information content (AvgIpc) is 2.39. The first-order chi connectivity index (χ1) is 8.99. The van der Waals surface area contributed by atoms with Crippen molar-refractivity contribution in [3.8, 4) is 0 Å². The Morgan fingerprint density at radius 2 is 1.95 bits per heavy atom. The van der Waals surface area contributed by atoms with Crippen LogP contribution < -0.4 is 0 Å². The molecule has 1 aromatic carbocycles. The Kier molecular flexibility index (Phi) is 3.80. The molecule has 1 N–H and O–H groups in total. The number of nitrogens with one attached hydrogen (secondary N) is 1. The lowest BCUT2D eigenvalue weighted by molar-refractivity contribution is -0.384. The van der Waals surface area contributed by atoms with Crippen molar-refractivity contribution in [1.29, 1.82) is 5.41 Å². The molecule has 1 aliphatic rings. The summed E-state index contributed by atoms with van der Waals surface area (Å²) in [6.07, 6.45) is 0. The molecule has 1 aromatic rings. The van der Waals surface area contributed by atoms with Gasteiger partial charge in [-0.3, -0.25) is 15.5 Å². The van der Waals surface area contributed by atoms with Gasteiger partial charge in [-0.15, -0.1) is 0 Å². The third kappa shape index (κ3) is 2.90. The standard InChI is InChI=1S/C13H18N4O2/c1-10-3-4-11(17(18)19)9-12(10)13(14)16-7-5-15(2)6-8-16/h3-4,9,14H,5-8H2,1-2H3. The second-order valence-electron chi connectivity index (χ2n) is 4.90. The highest BCUT2D eigenvalue weighted by molar-refractivity contribution is 5.98. The van der Waals surface area contributed by atoms with Gasteiger partial charge in [-0.1, -0.05) is 6.07 Å². The maximum absolute atomic E-state index is 10.8. The van der Waals surface area contributed by atoms with Crippen molar-refractivity contribution in [1.82, 2.24) is 9.80 Å². The highest BCUT2D eigenvalue weighted by Gasteiger charge is 2.20. The van der Waals surface area contributed by atoms with E-state index in [1.54, 1.807) is 6.07 Å². The van der Waals surface area contributed by atoms with Crippen LogP contribution in [-0.4, -0.2) is 53.8 Å². The largest absolute Gasteiger partial charge is 0.354 e. The molecule has 0 saturated carbocycles. The summed E-state index contributed by atoms with van der Waals surface area (Å²) >= 11 is 0. The van der Waals surface area contributed by atoms with E-state index in [1.165, 1.54) is 12.1 Å². The molecule has 6 nitrogen and oxygen atoms in total. The van der Waals surface area contributed by atoms with Crippen LogP contribution in [0.3, 0.4) is 0 Å². The minimum atomic E-state index is -0.416. The molecular weight excluding hydrogens is 244 g/mol. The van der Waals surface area contributed by atoms with Gasteiger partial charge in [0.2, 0.25) is 0 Å². The Labute approximate surface area is 112 Å². The summed E-state index contributed by atoms with van der Waals surface area (Å²) < 4.78 is 0. The SMILES string of the molecule is Cc1ccc([N+](=O)[O-])cc1C(=N)N1CCN(C)CC1. The Hall–Kier alpha value is -1.95. The maximum atomic E-state index is 10.8. The molecule has 1 fully saturated rings. The zero-order chi connectivity index (χ0) is 14.0. The predicted octanol–water partition coefficient (Wildman–Crippen LogP) is 1.48. The second kappa shape index (κ2) is 5.36. The predicted molar refractivity (Wildman–Crippen MR) is 73.7 cm³/mol. The van der Waals surface area contributed by atoms with E-state index in [0.29, 0.717) is 11.4 Å². The van der Waals surface area contributed by atoms with Gasteiger partial charge in [0.1, 0.15) is 5.84 Å². The van der Waals surface area contributed by atoms with Gasteiger partial charge in [-0.25, -0.2) is 0 Å². The van der Waals surface area contributed by atoms with E-state index in [0.717, 1.165) is 31.7 Å². The molecule has 0 aliphatic carbocycles. The molecule has 0 atom stereocenters. The fourth-order valence-corrected chi connectivity index (χ4v) is 2.18. The minimum absolute atomic E-state index is 0.0412. The number of rotatable bonds is 2. The van der Waals surface area contributed by atoms with Crippen LogP contribution in [0.15, 0.2) is 18.2 Å². The number of hydrogen-bond donors (Lipinski definition) is 1. The number of likely N-dealkylation sites (N-methyl/N-ethyl adjacent to an activating group) is 1. The molecule has 19 heavy (non-hydrogen) atoms. The number of piperazine rings is 1. The summed E-state index contributed by atoms with van der Waals surface area (Å²) in [5.74, 6) is 0.384. The van der Waals surface area contributed by atoms with E-state index in [1.807, 2.05) is 11.8 Å². The molecular formula is C13H18N4O2. The molecule has 0 aromatic heterocycles. The van der Waals surface area contributed by atoms with Crippen LogP contribution in [0, 0.1) is 22.4 Å². The van der Waals surface area contributed by atoms with Gasteiger partial charge in [0.25, 0.3) is 5.69 Å². The molecule has 0 spiro atoms. The summed E-state index contributed by atoms with van der Waals surface area (Å²) in [7, 11) is 2.06. The Morgan fingerprint density at radius 1 is 1.32 bits per heavy atom. The first-order valence-electron chi connectivity index (χ1n) is 6.26. The van der Waals surface area contributed by atoms with Gasteiger partial charge >= 0.3 is 0 Å². The van der Waals surface area contributed by atoms with Crippen LogP contribution in [0.2, 0.25) is 0 Å². The fraction of sp³-hybridized carbons (Fsp3) is 0.462. The zero-order valence-electron chi connectivity index (χ0n) is 11.2.